The van der Waals surface area contributed by atoms with Gasteiger partial charge in [-0.15, -0.1) is 12.4 Å². The van der Waals surface area contributed by atoms with Gasteiger partial charge in [-0.05, 0) is 25.5 Å². The van der Waals surface area contributed by atoms with Crippen LogP contribution in [0.2, 0.25) is 0 Å². The zero-order valence-electron chi connectivity index (χ0n) is 8.43. The van der Waals surface area contributed by atoms with Crippen LogP contribution in [0.5, 0.6) is 0 Å². The Kier molecular flexibility index (Phi) is 4.19. The van der Waals surface area contributed by atoms with Gasteiger partial charge >= 0.3 is 6.18 Å². The van der Waals surface area contributed by atoms with Crippen molar-refractivity contribution in [3.8, 4) is 0 Å². The average molecular weight is 240 g/mol. The highest BCUT2D eigenvalue weighted by molar-refractivity contribution is 5.85. The normalized spacial score (nSPS) is 12.1. The van der Waals surface area contributed by atoms with E-state index in [1.807, 2.05) is 0 Å². The second-order valence-corrected chi connectivity index (χ2v) is 3.77. The van der Waals surface area contributed by atoms with Crippen molar-refractivity contribution in [1.82, 2.24) is 0 Å². The van der Waals surface area contributed by atoms with E-state index in [1.54, 1.807) is 19.9 Å². The Bertz CT molecular complexity index is 295. The molecule has 0 heterocycles. The molecule has 0 amide bonds. The number of rotatable bonds is 1. The standard InChI is InChI=1S/C10H12F3N.ClH/c1-9(2,14)7-5-3-4-6-8(7)10(11,12)13;/h3-6H,14H2,1-2H3;1H. The molecular weight excluding hydrogens is 227 g/mol. The lowest BCUT2D eigenvalue weighted by Crippen LogP contribution is -2.31. The molecule has 0 fully saturated rings. The van der Waals surface area contributed by atoms with Crippen molar-refractivity contribution in [2.45, 2.75) is 25.6 Å². The second-order valence-electron chi connectivity index (χ2n) is 3.77. The van der Waals surface area contributed by atoms with Gasteiger partial charge in [-0.2, -0.15) is 13.2 Å². The van der Waals surface area contributed by atoms with Crippen LogP contribution in [0, 0.1) is 0 Å². The predicted octanol–water partition coefficient (Wildman–Crippen LogP) is 3.32. The molecule has 0 bridgehead atoms. The van der Waals surface area contributed by atoms with Crippen molar-refractivity contribution in [1.29, 1.82) is 0 Å². The van der Waals surface area contributed by atoms with Gasteiger partial charge in [0.05, 0.1) is 5.56 Å². The first-order chi connectivity index (χ1) is 6.23. The summed E-state index contributed by atoms with van der Waals surface area (Å²) in [5.74, 6) is 0. The Labute approximate surface area is 92.9 Å². The van der Waals surface area contributed by atoms with Gasteiger partial charge in [0.1, 0.15) is 0 Å². The van der Waals surface area contributed by atoms with Crippen molar-refractivity contribution in [3.05, 3.63) is 35.4 Å². The summed E-state index contributed by atoms with van der Waals surface area (Å²) in [5.41, 5.74) is 4.13. The molecule has 0 unspecified atom stereocenters. The average Bonchev–Trinajstić information content (AvgIpc) is 2.01. The van der Waals surface area contributed by atoms with E-state index in [0.717, 1.165) is 6.07 Å². The Hall–Kier alpha value is -0.740. The van der Waals surface area contributed by atoms with Crippen LogP contribution in [-0.4, -0.2) is 0 Å². The maximum absolute atomic E-state index is 12.5. The predicted molar refractivity (Wildman–Crippen MR) is 55.9 cm³/mol. The molecule has 0 aliphatic carbocycles. The summed E-state index contributed by atoms with van der Waals surface area (Å²) in [5, 5.41) is 0. The zero-order valence-corrected chi connectivity index (χ0v) is 9.25. The third-order valence-electron chi connectivity index (χ3n) is 1.93. The summed E-state index contributed by atoms with van der Waals surface area (Å²) in [6, 6.07) is 5.37. The van der Waals surface area contributed by atoms with E-state index in [2.05, 4.69) is 0 Å². The molecule has 5 heteroatoms. The first kappa shape index (κ1) is 14.3. The third kappa shape index (κ3) is 3.39. The van der Waals surface area contributed by atoms with Gasteiger partial charge < -0.3 is 5.73 Å². The first-order valence-electron chi connectivity index (χ1n) is 4.18. The van der Waals surface area contributed by atoms with Gasteiger partial charge in [0, 0.05) is 5.54 Å². The van der Waals surface area contributed by atoms with Crippen LogP contribution >= 0.6 is 12.4 Å². The molecule has 0 aliphatic rings. The Morgan fingerprint density at radius 2 is 1.40 bits per heavy atom. The summed E-state index contributed by atoms with van der Waals surface area (Å²) in [6.07, 6.45) is -4.34. The van der Waals surface area contributed by atoms with Gasteiger partial charge in [0.15, 0.2) is 0 Å². The lowest BCUT2D eigenvalue weighted by molar-refractivity contribution is -0.138. The minimum Gasteiger partial charge on any atom is -0.322 e. The van der Waals surface area contributed by atoms with Crippen LogP contribution in [-0.2, 0) is 11.7 Å². The van der Waals surface area contributed by atoms with Crippen molar-refractivity contribution < 1.29 is 13.2 Å². The van der Waals surface area contributed by atoms with E-state index >= 15 is 0 Å². The van der Waals surface area contributed by atoms with Crippen LogP contribution in [0.15, 0.2) is 24.3 Å². The highest BCUT2D eigenvalue weighted by Crippen LogP contribution is 2.35. The molecule has 1 aromatic carbocycles. The minimum absolute atomic E-state index is 0. The van der Waals surface area contributed by atoms with Crippen LogP contribution in [0.25, 0.3) is 0 Å². The van der Waals surface area contributed by atoms with Gasteiger partial charge in [-0.25, -0.2) is 0 Å². The Morgan fingerprint density at radius 1 is 1.00 bits per heavy atom. The fourth-order valence-corrected chi connectivity index (χ4v) is 1.29. The smallest absolute Gasteiger partial charge is 0.322 e. The summed E-state index contributed by atoms with van der Waals surface area (Å²) >= 11 is 0. The van der Waals surface area contributed by atoms with Gasteiger partial charge in [-0.1, -0.05) is 18.2 Å². The van der Waals surface area contributed by atoms with Crippen LogP contribution < -0.4 is 5.73 Å². The minimum atomic E-state index is -4.34. The molecule has 15 heavy (non-hydrogen) atoms. The number of hydrogen-bond acceptors (Lipinski definition) is 1. The molecule has 0 radical (unpaired) electrons. The quantitative estimate of drug-likeness (QED) is 0.799. The molecule has 0 spiro atoms. The highest BCUT2D eigenvalue weighted by atomic mass is 35.5. The molecule has 86 valence electrons. The van der Waals surface area contributed by atoms with Crippen molar-refractivity contribution in [3.63, 3.8) is 0 Å². The second kappa shape index (κ2) is 4.41. The summed E-state index contributed by atoms with van der Waals surface area (Å²) in [4.78, 5) is 0. The molecule has 0 saturated carbocycles. The number of hydrogen-bond donors (Lipinski definition) is 1. The largest absolute Gasteiger partial charge is 0.416 e. The molecule has 1 nitrogen and oxygen atoms in total. The fourth-order valence-electron chi connectivity index (χ4n) is 1.29. The lowest BCUT2D eigenvalue weighted by Gasteiger charge is -2.23. The van der Waals surface area contributed by atoms with Crippen molar-refractivity contribution in [2.75, 3.05) is 0 Å². The summed E-state index contributed by atoms with van der Waals surface area (Å²) in [6.45, 7) is 3.11. The number of halogens is 4. The van der Waals surface area contributed by atoms with E-state index < -0.39 is 17.3 Å². The highest BCUT2D eigenvalue weighted by Gasteiger charge is 2.35. The molecule has 0 atom stereocenters. The SMILES string of the molecule is CC(C)(N)c1ccccc1C(F)(F)F.Cl. The number of benzene rings is 1. The van der Waals surface area contributed by atoms with E-state index in [0.29, 0.717) is 0 Å². The maximum Gasteiger partial charge on any atom is 0.416 e. The Morgan fingerprint density at radius 3 is 1.67 bits per heavy atom. The molecule has 1 aromatic rings. The lowest BCUT2D eigenvalue weighted by atomic mass is 9.91. The topological polar surface area (TPSA) is 26.0 Å². The van der Waals surface area contributed by atoms with Gasteiger partial charge in [0.2, 0.25) is 0 Å². The fraction of sp³-hybridized carbons (Fsp3) is 0.400. The maximum atomic E-state index is 12.5. The van der Waals surface area contributed by atoms with Gasteiger partial charge in [-0.3, -0.25) is 0 Å². The Balaban J connectivity index is 0.00000196. The van der Waals surface area contributed by atoms with E-state index in [9.17, 15) is 13.2 Å². The monoisotopic (exact) mass is 239 g/mol. The first-order valence-corrected chi connectivity index (χ1v) is 4.18. The third-order valence-corrected chi connectivity index (χ3v) is 1.93. The van der Waals surface area contributed by atoms with E-state index in [1.165, 1.54) is 12.1 Å². The zero-order chi connectivity index (χ0) is 11.0. The van der Waals surface area contributed by atoms with E-state index in [4.69, 9.17) is 5.73 Å². The molecule has 0 saturated heterocycles. The number of alkyl halides is 3. The molecule has 0 aromatic heterocycles. The van der Waals surface area contributed by atoms with E-state index in [-0.39, 0.29) is 18.0 Å². The van der Waals surface area contributed by atoms with Gasteiger partial charge in [0.25, 0.3) is 0 Å². The molecule has 1 rings (SSSR count). The van der Waals surface area contributed by atoms with Crippen LogP contribution in [0.1, 0.15) is 25.0 Å². The van der Waals surface area contributed by atoms with Crippen molar-refractivity contribution in [2.24, 2.45) is 5.73 Å². The van der Waals surface area contributed by atoms with Crippen LogP contribution in [0.4, 0.5) is 13.2 Å². The summed E-state index contributed by atoms with van der Waals surface area (Å²) in [7, 11) is 0. The van der Waals surface area contributed by atoms with Crippen LogP contribution in [0.3, 0.4) is 0 Å². The molecule has 0 aliphatic heterocycles. The summed E-state index contributed by atoms with van der Waals surface area (Å²) < 4.78 is 37.6. The molecule has 2 N–H and O–H groups in total. The number of nitrogens with two attached hydrogens (primary N) is 1. The van der Waals surface area contributed by atoms with Crippen molar-refractivity contribution >= 4 is 12.4 Å². The molecular formula is C10H13ClF3N.